The van der Waals surface area contributed by atoms with Crippen LogP contribution in [0.2, 0.25) is 0 Å². The second-order valence-electron chi connectivity index (χ2n) is 10.5. The van der Waals surface area contributed by atoms with Crippen LogP contribution >= 0.6 is 0 Å². The van der Waals surface area contributed by atoms with Crippen molar-refractivity contribution >= 4 is 11.4 Å². The molecule has 0 amide bonds. The van der Waals surface area contributed by atoms with Crippen LogP contribution in [0.3, 0.4) is 0 Å². The van der Waals surface area contributed by atoms with Crippen molar-refractivity contribution in [3.8, 4) is 11.1 Å². The molecule has 198 valence electrons. The Morgan fingerprint density at radius 1 is 0.703 bits per heavy atom. The van der Waals surface area contributed by atoms with E-state index in [9.17, 15) is 0 Å². The van der Waals surface area contributed by atoms with Crippen molar-refractivity contribution in [3.63, 3.8) is 0 Å². The second kappa shape index (κ2) is 15.9. The van der Waals surface area contributed by atoms with Crippen LogP contribution in [0.15, 0.2) is 97.1 Å². The number of benzene rings is 3. The van der Waals surface area contributed by atoms with Crippen LogP contribution in [0, 0.1) is 5.41 Å². The van der Waals surface area contributed by atoms with Crippen LogP contribution in [0.25, 0.3) is 11.1 Å². The first-order valence-electron chi connectivity index (χ1n) is 14.3. The largest absolute Gasteiger partial charge is 0.356 e. The third-order valence-electron chi connectivity index (χ3n) is 6.50. The smallest absolute Gasteiger partial charge is 0.0384 e. The fraction of sp³-hybridized carbons (Fsp3) is 0.389. The highest BCUT2D eigenvalue weighted by molar-refractivity contribution is 5.69. The monoisotopic (exact) mass is 495 g/mol. The number of hydrogen-bond donors (Lipinski definition) is 1. The topological polar surface area (TPSA) is 12.0 Å². The lowest BCUT2D eigenvalue weighted by Gasteiger charge is -2.11. The summed E-state index contributed by atoms with van der Waals surface area (Å²) in [5.41, 5.74) is 7.96. The molecule has 0 saturated heterocycles. The molecule has 3 aromatic carbocycles. The highest BCUT2D eigenvalue weighted by atomic mass is 14.9. The molecule has 1 nitrogen and oxygen atoms in total. The van der Waals surface area contributed by atoms with Gasteiger partial charge in [-0.2, -0.15) is 0 Å². The molecule has 0 saturated carbocycles. The molecule has 0 fully saturated rings. The predicted molar refractivity (Wildman–Crippen MR) is 167 cm³/mol. The Morgan fingerprint density at radius 2 is 1.30 bits per heavy atom. The third kappa shape index (κ3) is 10.8. The van der Waals surface area contributed by atoms with Gasteiger partial charge in [0.25, 0.3) is 0 Å². The molecule has 0 heterocycles. The van der Waals surface area contributed by atoms with Crippen molar-refractivity contribution in [1.82, 2.24) is 0 Å². The zero-order chi connectivity index (χ0) is 27.1. The van der Waals surface area contributed by atoms with E-state index in [0.29, 0.717) is 11.3 Å². The van der Waals surface area contributed by atoms with Gasteiger partial charge in [0.05, 0.1) is 0 Å². The predicted octanol–water partition coefficient (Wildman–Crippen LogP) is 11.5. The van der Waals surface area contributed by atoms with Gasteiger partial charge in [-0.05, 0) is 65.3 Å². The van der Waals surface area contributed by atoms with E-state index >= 15 is 0 Å². The van der Waals surface area contributed by atoms with Gasteiger partial charge in [0, 0.05) is 16.8 Å². The molecule has 1 aliphatic rings. The normalized spacial score (nSPS) is 13.0. The van der Waals surface area contributed by atoms with Gasteiger partial charge in [0.1, 0.15) is 0 Å². The number of hydrogen-bond acceptors (Lipinski definition) is 1. The zero-order valence-corrected chi connectivity index (χ0v) is 24.4. The number of allylic oxidation sites excluding steroid dienone is 4. The molecule has 1 N–H and O–H groups in total. The lowest BCUT2D eigenvalue weighted by molar-refractivity contribution is 0.636. The minimum Gasteiger partial charge on any atom is -0.356 e. The van der Waals surface area contributed by atoms with Crippen molar-refractivity contribution in [1.29, 1.82) is 0 Å². The number of aryl methyl sites for hydroxylation is 1. The molecule has 1 heteroatoms. The molecule has 4 rings (SSSR count). The van der Waals surface area contributed by atoms with Crippen molar-refractivity contribution < 1.29 is 0 Å². The SMILES string of the molecule is CC.CC1(C)C=CC=C1.CCCCCCc1ccc(Nc2ccc(-c3cccc(C(C)C)c3)cc2)cc1. The van der Waals surface area contributed by atoms with E-state index in [0.717, 1.165) is 11.4 Å². The van der Waals surface area contributed by atoms with Gasteiger partial charge in [0.2, 0.25) is 0 Å². The minimum atomic E-state index is 0.333. The number of unbranched alkanes of at least 4 members (excludes halogenated alkanes) is 3. The molecule has 0 bridgehead atoms. The lowest BCUT2D eigenvalue weighted by Crippen LogP contribution is -1.97. The molecule has 0 unspecified atom stereocenters. The van der Waals surface area contributed by atoms with Gasteiger partial charge in [-0.15, -0.1) is 0 Å². The van der Waals surface area contributed by atoms with Gasteiger partial charge in [-0.3, -0.25) is 0 Å². The van der Waals surface area contributed by atoms with E-state index in [2.05, 4.69) is 137 Å². The third-order valence-corrected chi connectivity index (χ3v) is 6.50. The van der Waals surface area contributed by atoms with Crippen LogP contribution in [-0.2, 0) is 6.42 Å². The summed E-state index contributed by atoms with van der Waals surface area (Å²) < 4.78 is 0. The standard InChI is InChI=1S/C27H33N.C7H10.C2H6/c1-4-5-6-7-9-22-12-16-26(17-13-22)28-27-18-14-23(15-19-27)25-11-8-10-24(20-25)21(2)3;1-7(2)5-3-4-6-7;1-2/h8,10-21,28H,4-7,9H2,1-3H3;3-6H,1-2H3;1-2H3. The summed E-state index contributed by atoms with van der Waals surface area (Å²) >= 11 is 0. The van der Waals surface area contributed by atoms with E-state index in [1.54, 1.807) is 0 Å². The first-order chi connectivity index (χ1) is 17.9. The van der Waals surface area contributed by atoms with E-state index < -0.39 is 0 Å². The molecule has 1 aliphatic carbocycles. The molecular weight excluding hydrogens is 446 g/mol. The highest BCUT2D eigenvalue weighted by Crippen LogP contribution is 2.26. The van der Waals surface area contributed by atoms with Gasteiger partial charge in [0.15, 0.2) is 0 Å². The highest BCUT2D eigenvalue weighted by Gasteiger charge is 2.09. The van der Waals surface area contributed by atoms with Crippen LogP contribution in [0.1, 0.15) is 91.2 Å². The van der Waals surface area contributed by atoms with Crippen LogP contribution in [-0.4, -0.2) is 0 Å². The van der Waals surface area contributed by atoms with E-state index in [1.165, 1.54) is 54.4 Å². The van der Waals surface area contributed by atoms with Gasteiger partial charge < -0.3 is 5.32 Å². The summed E-state index contributed by atoms with van der Waals surface area (Å²) in [6, 6.07) is 26.4. The Hall–Kier alpha value is -3.06. The average molecular weight is 496 g/mol. The van der Waals surface area contributed by atoms with E-state index in [-0.39, 0.29) is 0 Å². The second-order valence-corrected chi connectivity index (χ2v) is 10.5. The Kier molecular flexibility index (Phi) is 13.0. The van der Waals surface area contributed by atoms with Crippen molar-refractivity contribution in [3.05, 3.63) is 108 Å². The van der Waals surface area contributed by atoms with Gasteiger partial charge >= 0.3 is 0 Å². The first-order valence-corrected chi connectivity index (χ1v) is 14.3. The maximum Gasteiger partial charge on any atom is 0.0384 e. The van der Waals surface area contributed by atoms with E-state index in [1.807, 2.05) is 13.8 Å². The molecule has 0 spiro atoms. The molecule has 37 heavy (non-hydrogen) atoms. The Bertz CT molecular complexity index is 1070. The fourth-order valence-electron chi connectivity index (χ4n) is 4.16. The number of nitrogens with one attached hydrogen (secondary N) is 1. The molecule has 0 atom stereocenters. The van der Waals surface area contributed by atoms with Crippen molar-refractivity contribution in [2.45, 2.75) is 86.5 Å². The lowest BCUT2D eigenvalue weighted by atomic mass is 9.97. The molecule has 0 aliphatic heterocycles. The average Bonchev–Trinajstić information content (AvgIpc) is 3.33. The van der Waals surface area contributed by atoms with Crippen LogP contribution in [0.5, 0.6) is 0 Å². The maximum absolute atomic E-state index is 3.52. The summed E-state index contributed by atoms with van der Waals surface area (Å²) in [5.74, 6) is 0.551. The molecular formula is C36H49N. The summed E-state index contributed by atoms with van der Waals surface area (Å²) in [7, 11) is 0. The zero-order valence-electron chi connectivity index (χ0n) is 24.4. The maximum atomic E-state index is 3.52. The van der Waals surface area contributed by atoms with Gasteiger partial charge in [-0.1, -0.05) is 141 Å². The number of rotatable bonds is 9. The quantitative estimate of drug-likeness (QED) is 0.291. The molecule has 0 radical (unpaired) electrons. The van der Waals surface area contributed by atoms with E-state index in [4.69, 9.17) is 0 Å². The number of anilines is 2. The Morgan fingerprint density at radius 3 is 1.81 bits per heavy atom. The summed E-state index contributed by atoms with van der Waals surface area (Å²) in [5, 5.41) is 3.52. The van der Waals surface area contributed by atoms with Crippen molar-refractivity contribution in [2.24, 2.45) is 5.41 Å². The Balaban J connectivity index is 0.000000455. The summed E-state index contributed by atoms with van der Waals surface area (Å²) in [6.45, 7) is 15.1. The fourth-order valence-corrected chi connectivity index (χ4v) is 4.16. The Labute approximate surface area is 227 Å². The summed E-state index contributed by atoms with van der Waals surface area (Å²) in [6.07, 6.45) is 15.0. The van der Waals surface area contributed by atoms with Gasteiger partial charge in [-0.25, -0.2) is 0 Å². The summed E-state index contributed by atoms with van der Waals surface area (Å²) in [4.78, 5) is 0. The minimum absolute atomic E-state index is 0.333. The molecule has 0 aromatic heterocycles. The van der Waals surface area contributed by atoms with Crippen LogP contribution in [0.4, 0.5) is 11.4 Å². The van der Waals surface area contributed by atoms with Crippen molar-refractivity contribution in [2.75, 3.05) is 5.32 Å². The van der Waals surface area contributed by atoms with Crippen LogP contribution < -0.4 is 5.32 Å². The first kappa shape index (κ1) is 30.2. The molecule has 3 aromatic rings.